The molecule has 0 radical (unpaired) electrons. The monoisotopic (exact) mass is 325 g/mol. The molecule has 0 saturated carbocycles. The Bertz CT molecular complexity index is 744. The molecule has 0 aliphatic heterocycles. The lowest BCUT2D eigenvalue weighted by atomic mass is 10.1. The van der Waals surface area contributed by atoms with Gasteiger partial charge in [0.1, 0.15) is 0 Å². The highest BCUT2D eigenvalue weighted by molar-refractivity contribution is 7.16. The van der Waals surface area contributed by atoms with Crippen LogP contribution >= 0.6 is 11.3 Å². The van der Waals surface area contributed by atoms with E-state index in [1.54, 1.807) is 0 Å². The molecule has 3 nitrogen and oxygen atoms in total. The first-order valence-corrected chi connectivity index (χ1v) is 6.80. The van der Waals surface area contributed by atoms with E-state index in [9.17, 15) is 27.9 Å². The minimum Gasteiger partial charge on any atom is -0.544 e. The van der Waals surface area contributed by atoms with Crippen LogP contribution in [-0.4, -0.2) is 11.8 Å². The first kappa shape index (κ1) is 16.0. The van der Waals surface area contributed by atoms with Gasteiger partial charge in [-0.1, -0.05) is 24.3 Å². The molecule has 114 valence electrons. The molecule has 0 N–H and O–H groups in total. The summed E-state index contributed by atoms with van der Waals surface area (Å²) in [5, 5.41) is 10.6. The van der Waals surface area contributed by atoms with E-state index in [1.807, 2.05) is 0 Å². The van der Waals surface area contributed by atoms with Crippen molar-refractivity contribution in [2.24, 2.45) is 0 Å². The molecule has 1 heterocycles. The molecule has 0 aliphatic rings. The number of carbonyl (C=O) groups excluding carboxylic acids is 2. The molecule has 0 fully saturated rings. The average Bonchev–Trinajstić information content (AvgIpc) is 2.94. The van der Waals surface area contributed by atoms with Crippen molar-refractivity contribution in [3.05, 3.63) is 63.4 Å². The lowest BCUT2D eigenvalue weighted by molar-refractivity contribution is -0.254. The van der Waals surface area contributed by atoms with Gasteiger partial charge >= 0.3 is 6.18 Å². The summed E-state index contributed by atoms with van der Waals surface area (Å²) in [5.74, 6) is -1.98. The Kier molecular flexibility index (Phi) is 4.46. The fourth-order valence-electron chi connectivity index (χ4n) is 1.73. The maximum Gasteiger partial charge on any atom is 0.416 e. The molecule has 2 rings (SSSR count). The number of carboxylic acid groups (broad SMARTS) is 1. The molecule has 2 aromatic rings. The van der Waals surface area contributed by atoms with Crippen LogP contribution in [0.5, 0.6) is 0 Å². The summed E-state index contributed by atoms with van der Waals surface area (Å²) in [4.78, 5) is 22.5. The first-order chi connectivity index (χ1) is 10.3. The number of allylic oxidation sites excluding steroid dienone is 1. The van der Waals surface area contributed by atoms with Crippen LogP contribution in [0.1, 0.15) is 30.5 Å². The molecule has 0 aliphatic carbocycles. The minimum absolute atomic E-state index is 0.111. The van der Waals surface area contributed by atoms with Gasteiger partial charge in [0.05, 0.1) is 21.3 Å². The number of hydrogen-bond acceptors (Lipinski definition) is 4. The summed E-state index contributed by atoms with van der Waals surface area (Å²) in [5.41, 5.74) is -0.985. The van der Waals surface area contributed by atoms with Gasteiger partial charge in [-0.3, -0.25) is 4.79 Å². The standard InChI is InChI=1S/C15H9F3O3S/c16-15(17,18)10-4-2-1-3-9(10)5-6-11(19)12-7-8-13(22-12)14(20)21/h1-8H,(H,20,21)/p-1/b6-5+. The number of benzene rings is 1. The Morgan fingerprint density at radius 3 is 2.27 bits per heavy atom. The summed E-state index contributed by atoms with van der Waals surface area (Å²) in [7, 11) is 0. The number of aromatic carboxylic acids is 1. The van der Waals surface area contributed by atoms with Crippen molar-refractivity contribution in [3.8, 4) is 0 Å². The summed E-state index contributed by atoms with van der Waals surface area (Å²) >= 11 is 0.709. The van der Waals surface area contributed by atoms with Crippen LogP contribution in [0.2, 0.25) is 0 Å². The predicted molar refractivity (Wildman–Crippen MR) is 73.5 cm³/mol. The Labute approximate surface area is 127 Å². The zero-order valence-electron chi connectivity index (χ0n) is 10.9. The third kappa shape index (κ3) is 3.62. The van der Waals surface area contributed by atoms with Crippen molar-refractivity contribution in [2.45, 2.75) is 6.18 Å². The zero-order valence-corrected chi connectivity index (χ0v) is 11.7. The van der Waals surface area contributed by atoms with Gasteiger partial charge in [-0.05, 0) is 29.8 Å². The van der Waals surface area contributed by atoms with Crippen molar-refractivity contribution < 1.29 is 27.9 Å². The van der Waals surface area contributed by atoms with Gasteiger partial charge in [0.25, 0.3) is 0 Å². The molecule has 7 heteroatoms. The summed E-state index contributed by atoms with van der Waals surface area (Å²) in [6.07, 6.45) is -2.48. The third-order valence-corrected chi connectivity index (χ3v) is 3.81. The van der Waals surface area contributed by atoms with Crippen molar-refractivity contribution in [1.82, 2.24) is 0 Å². The lowest BCUT2D eigenvalue weighted by Gasteiger charge is -2.09. The van der Waals surface area contributed by atoms with Gasteiger partial charge in [0.2, 0.25) is 0 Å². The van der Waals surface area contributed by atoms with Gasteiger partial charge in [0.15, 0.2) is 5.78 Å². The molecule has 1 aromatic carbocycles. The quantitative estimate of drug-likeness (QED) is 0.641. The summed E-state index contributed by atoms with van der Waals surface area (Å²) in [6, 6.07) is 7.35. The molecule has 1 aromatic heterocycles. The maximum absolute atomic E-state index is 12.8. The predicted octanol–water partition coefficient (Wildman–Crippen LogP) is 3.03. The number of thiophene rings is 1. The minimum atomic E-state index is -4.52. The highest BCUT2D eigenvalue weighted by Crippen LogP contribution is 2.32. The number of halogens is 3. The molecular weight excluding hydrogens is 317 g/mol. The normalized spacial score (nSPS) is 11.8. The van der Waals surface area contributed by atoms with E-state index < -0.39 is 23.5 Å². The molecule has 0 atom stereocenters. The van der Waals surface area contributed by atoms with E-state index in [0.29, 0.717) is 11.3 Å². The van der Waals surface area contributed by atoms with E-state index >= 15 is 0 Å². The second-order valence-corrected chi connectivity index (χ2v) is 5.32. The van der Waals surface area contributed by atoms with E-state index in [4.69, 9.17) is 0 Å². The first-order valence-electron chi connectivity index (χ1n) is 5.99. The molecule has 0 unspecified atom stereocenters. The third-order valence-electron chi connectivity index (χ3n) is 2.73. The Morgan fingerprint density at radius 1 is 1.05 bits per heavy atom. The zero-order chi connectivity index (χ0) is 16.3. The number of ketones is 1. The summed E-state index contributed by atoms with van der Waals surface area (Å²) < 4.78 is 38.4. The lowest BCUT2D eigenvalue weighted by Crippen LogP contribution is -2.20. The van der Waals surface area contributed by atoms with Gasteiger partial charge in [-0.15, -0.1) is 11.3 Å². The summed E-state index contributed by atoms with van der Waals surface area (Å²) in [6.45, 7) is 0. The Hall–Kier alpha value is -2.41. The van der Waals surface area contributed by atoms with E-state index in [1.165, 1.54) is 30.3 Å². The Morgan fingerprint density at radius 2 is 1.68 bits per heavy atom. The number of rotatable bonds is 4. The van der Waals surface area contributed by atoms with Gasteiger partial charge in [0, 0.05) is 0 Å². The van der Waals surface area contributed by atoms with Crippen LogP contribution in [0.25, 0.3) is 6.08 Å². The number of carbonyl (C=O) groups is 2. The molecule has 0 bridgehead atoms. The number of carboxylic acids is 1. The fourth-order valence-corrected chi connectivity index (χ4v) is 2.49. The number of hydrogen-bond donors (Lipinski definition) is 0. The highest BCUT2D eigenvalue weighted by Gasteiger charge is 2.32. The van der Waals surface area contributed by atoms with Crippen LogP contribution in [0, 0.1) is 0 Å². The number of alkyl halides is 3. The molecular formula is C15H8F3O3S-. The van der Waals surface area contributed by atoms with E-state index in [2.05, 4.69) is 0 Å². The van der Waals surface area contributed by atoms with E-state index in [-0.39, 0.29) is 15.3 Å². The largest absolute Gasteiger partial charge is 0.544 e. The van der Waals surface area contributed by atoms with Crippen molar-refractivity contribution >= 4 is 29.2 Å². The van der Waals surface area contributed by atoms with Crippen molar-refractivity contribution in [2.75, 3.05) is 0 Å². The van der Waals surface area contributed by atoms with Gasteiger partial charge < -0.3 is 9.90 Å². The molecule has 0 spiro atoms. The molecule has 0 saturated heterocycles. The maximum atomic E-state index is 12.8. The van der Waals surface area contributed by atoms with Crippen LogP contribution in [-0.2, 0) is 6.18 Å². The molecule has 22 heavy (non-hydrogen) atoms. The second-order valence-electron chi connectivity index (χ2n) is 4.23. The molecule has 0 amide bonds. The average molecular weight is 325 g/mol. The van der Waals surface area contributed by atoms with Crippen LogP contribution in [0.3, 0.4) is 0 Å². The SMILES string of the molecule is O=C([O-])c1ccc(C(=O)/C=C/c2ccccc2C(F)(F)F)s1. The van der Waals surface area contributed by atoms with E-state index in [0.717, 1.165) is 18.2 Å². The highest BCUT2D eigenvalue weighted by atomic mass is 32.1. The van der Waals surface area contributed by atoms with Crippen LogP contribution in [0.15, 0.2) is 42.5 Å². The Balaban J connectivity index is 2.25. The topological polar surface area (TPSA) is 57.2 Å². The smallest absolute Gasteiger partial charge is 0.416 e. The second kappa shape index (κ2) is 6.15. The fraction of sp³-hybridized carbons (Fsp3) is 0.0667. The van der Waals surface area contributed by atoms with Crippen LogP contribution < -0.4 is 5.11 Å². The van der Waals surface area contributed by atoms with Crippen LogP contribution in [0.4, 0.5) is 13.2 Å². The van der Waals surface area contributed by atoms with Gasteiger partial charge in [-0.2, -0.15) is 13.2 Å². The van der Waals surface area contributed by atoms with Crippen molar-refractivity contribution in [1.29, 1.82) is 0 Å². The van der Waals surface area contributed by atoms with Crippen molar-refractivity contribution in [3.63, 3.8) is 0 Å². The van der Waals surface area contributed by atoms with Gasteiger partial charge in [-0.25, -0.2) is 0 Å².